The highest BCUT2D eigenvalue weighted by atomic mass is 32.2. The van der Waals surface area contributed by atoms with Crippen LogP contribution >= 0.6 is 0 Å². The third kappa shape index (κ3) is 5.06. The van der Waals surface area contributed by atoms with Crippen LogP contribution < -0.4 is 4.72 Å². The molecule has 3 aromatic rings. The van der Waals surface area contributed by atoms with Crippen molar-refractivity contribution in [1.82, 2.24) is 4.72 Å². The lowest BCUT2D eigenvalue weighted by atomic mass is 9.78. The molecule has 0 saturated heterocycles. The zero-order valence-corrected chi connectivity index (χ0v) is 16.5. The normalized spacial score (nSPS) is 13.2. The third-order valence-electron chi connectivity index (χ3n) is 4.71. The molecule has 0 unspecified atom stereocenters. The first-order valence-electron chi connectivity index (χ1n) is 8.94. The molecule has 0 amide bonds. The van der Waals surface area contributed by atoms with Gasteiger partial charge in [0.05, 0.1) is 12.3 Å². The Labute approximate surface area is 168 Å². The summed E-state index contributed by atoms with van der Waals surface area (Å²) in [5, 5.41) is 11.8. The van der Waals surface area contributed by atoms with E-state index >= 15 is 0 Å². The molecule has 0 radical (unpaired) electrons. The Bertz CT molecular complexity index is 1010. The number of benzene rings is 3. The molecule has 0 aliphatic carbocycles. The Morgan fingerprint density at radius 1 is 0.862 bits per heavy atom. The topological polar surface area (TPSA) is 66.4 Å². The van der Waals surface area contributed by atoms with Gasteiger partial charge in [0.2, 0.25) is 10.0 Å². The van der Waals surface area contributed by atoms with E-state index in [1.54, 1.807) is 0 Å². The van der Waals surface area contributed by atoms with Crippen LogP contribution in [-0.2, 0) is 22.0 Å². The van der Waals surface area contributed by atoms with Crippen LogP contribution in [0.5, 0.6) is 0 Å². The van der Waals surface area contributed by atoms with Crippen LogP contribution in [-0.4, -0.2) is 25.8 Å². The molecule has 0 aliphatic heterocycles. The smallest absolute Gasteiger partial charge is 0.209 e. The monoisotopic (exact) mass is 417 g/mol. The fourth-order valence-corrected chi connectivity index (χ4v) is 4.13. The maximum Gasteiger partial charge on any atom is 0.209 e. The molecule has 2 N–H and O–H groups in total. The molecule has 0 aliphatic rings. The number of rotatable bonds is 7. The summed E-state index contributed by atoms with van der Waals surface area (Å²) in [4.78, 5) is 0. The molecule has 0 saturated carbocycles. The highest BCUT2D eigenvalue weighted by molar-refractivity contribution is 7.88. The second-order valence-corrected chi connectivity index (χ2v) is 8.69. The lowest BCUT2D eigenvalue weighted by Crippen LogP contribution is -2.52. The summed E-state index contributed by atoms with van der Waals surface area (Å²) in [6, 6.07) is 18.3. The van der Waals surface area contributed by atoms with Gasteiger partial charge in [0.15, 0.2) is 0 Å². The van der Waals surface area contributed by atoms with Gasteiger partial charge >= 0.3 is 0 Å². The number of halogens is 2. The molecule has 0 spiro atoms. The van der Waals surface area contributed by atoms with Crippen LogP contribution in [0.4, 0.5) is 8.78 Å². The quantitative estimate of drug-likeness (QED) is 0.620. The molecule has 0 heterocycles. The van der Waals surface area contributed by atoms with E-state index in [0.717, 1.165) is 11.8 Å². The minimum absolute atomic E-state index is 0.152. The van der Waals surface area contributed by atoms with Crippen molar-refractivity contribution < 1.29 is 22.3 Å². The van der Waals surface area contributed by atoms with Crippen molar-refractivity contribution in [3.63, 3.8) is 0 Å². The van der Waals surface area contributed by atoms with Gasteiger partial charge in [0.25, 0.3) is 0 Å². The zero-order valence-electron chi connectivity index (χ0n) is 15.7. The van der Waals surface area contributed by atoms with Crippen LogP contribution in [0.3, 0.4) is 0 Å². The lowest BCUT2D eigenvalue weighted by Gasteiger charge is -2.37. The summed E-state index contributed by atoms with van der Waals surface area (Å²) in [6.07, 6.45) is 1.15. The molecule has 0 fully saturated rings. The molecule has 0 bridgehead atoms. The van der Waals surface area contributed by atoms with Gasteiger partial charge in [-0.15, -0.1) is 0 Å². The van der Waals surface area contributed by atoms with Gasteiger partial charge in [-0.05, 0) is 47.4 Å². The van der Waals surface area contributed by atoms with Crippen LogP contribution in [0.1, 0.15) is 16.7 Å². The van der Waals surface area contributed by atoms with E-state index in [4.69, 9.17) is 0 Å². The molecule has 3 rings (SSSR count). The van der Waals surface area contributed by atoms with Crippen LogP contribution in [0.2, 0.25) is 0 Å². The fourth-order valence-electron chi connectivity index (χ4n) is 3.36. The maximum atomic E-state index is 13.5. The van der Waals surface area contributed by atoms with Crippen molar-refractivity contribution in [2.75, 3.05) is 6.26 Å². The van der Waals surface area contributed by atoms with Crippen molar-refractivity contribution in [2.24, 2.45) is 0 Å². The Morgan fingerprint density at radius 3 is 1.72 bits per heavy atom. The van der Waals surface area contributed by atoms with Gasteiger partial charge in [-0.1, -0.05) is 54.6 Å². The average molecular weight is 417 g/mol. The van der Waals surface area contributed by atoms with Crippen LogP contribution in [0, 0.1) is 11.6 Å². The van der Waals surface area contributed by atoms with E-state index in [2.05, 4.69) is 4.72 Å². The number of hydrogen-bond donors (Lipinski definition) is 2. The SMILES string of the molecule is CS(=O)(=O)N[C@@H](Cc1ccccc1)C(O)(c1ccc(F)cc1)c1ccc(F)cc1. The first-order valence-corrected chi connectivity index (χ1v) is 10.8. The lowest BCUT2D eigenvalue weighted by molar-refractivity contribution is 0.0454. The van der Waals surface area contributed by atoms with Crippen molar-refractivity contribution in [2.45, 2.75) is 18.1 Å². The highest BCUT2D eigenvalue weighted by Crippen LogP contribution is 2.35. The summed E-state index contributed by atoms with van der Waals surface area (Å²) >= 11 is 0. The standard InChI is InChI=1S/C22H21F2NO3S/c1-29(27,28)25-21(15-16-5-3-2-4-6-16)22(26,17-7-11-19(23)12-8-17)18-9-13-20(24)14-10-18/h2-14,21,25-26H,15H2,1H3/t21-/m0/s1. The number of nitrogens with one attached hydrogen (secondary N) is 1. The third-order valence-corrected chi connectivity index (χ3v) is 5.42. The van der Waals surface area contributed by atoms with Gasteiger partial charge in [0.1, 0.15) is 17.2 Å². The molecule has 29 heavy (non-hydrogen) atoms. The second-order valence-electron chi connectivity index (χ2n) is 6.91. The summed E-state index contributed by atoms with van der Waals surface area (Å²) in [6.45, 7) is 0. The minimum Gasteiger partial charge on any atom is -0.379 e. The molecular formula is C22H21F2NO3S. The predicted octanol–water partition coefficient (Wildman–Crippen LogP) is 3.36. The van der Waals surface area contributed by atoms with E-state index in [9.17, 15) is 22.3 Å². The fraction of sp³-hybridized carbons (Fsp3) is 0.182. The van der Waals surface area contributed by atoms with Crippen LogP contribution in [0.15, 0.2) is 78.9 Å². The first-order chi connectivity index (χ1) is 13.7. The van der Waals surface area contributed by atoms with E-state index in [1.807, 2.05) is 30.3 Å². The highest BCUT2D eigenvalue weighted by Gasteiger charge is 2.42. The Balaban J connectivity index is 2.18. The minimum atomic E-state index is -3.72. The van der Waals surface area contributed by atoms with Gasteiger partial charge < -0.3 is 5.11 Å². The first kappa shape index (κ1) is 21.1. The number of aliphatic hydroxyl groups is 1. The Kier molecular flexibility index (Phi) is 6.12. The summed E-state index contributed by atoms with van der Waals surface area (Å²) in [5.41, 5.74) is -0.526. The molecule has 4 nitrogen and oxygen atoms in total. The van der Waals surface area contributed by atoms with Crippen molar-refractivity contribution in [3.8, 4) is 0 Å². The summed E-state index contributed by atoms with van der Waals surface area (Å²) < 4.78 is 53.7. The number of sulfonamides is 1. The molecular weight excluding hydrogens is 396 g/mol. The van der Waals surface area contributed by atoms with Crippen molar-refractivity contribution >= 4 is 10.0 Å². The molecule has 152 valence electrons. The van der Waals surface area contributed by atoms with E-state index in [0.29, 0.717) is 0 Å². The van der Waals surface area contributed by atoms with Gasteiger partial charge in [0, 0.05) is 0 Å². The number of hydrogen-bond acceptors (Lipinski definition) is 3. The molecule has 3 aromatic carbocycles. The van der Waals surface area contributed by atoms with E-state index < -0.39 is 33.3 Å². The van der Waals surface area contributed by atoms with Crippen molar-refractivity contribution in [1.29, 1.82) is 0 Å². The molecule has 1 atom stereocenters. The summed E-state index contributed by atoms with van der Waals surface area (Å²) in [7, 11) is -3.72. The van der Waals surface area contributed by atoms with Crippen LogP contribution in [0.25, 0.3) is 0 Å². The van der Waals surface area contributed by atoms with Crippen molar-refractivity contribution in [3.05, 3.63) is 107 Å². The van der Waals surface area contributed by atoms with Gasteiger partial charge in [-0.2, -0.15) is 0 Å². The molecule has 0 aromatic heterocycles. The Hall–Kier alpha value is -2.61. The Morgan fingerprint density at radius 2 is 1.31 bits per heavy atom. The largest absolute Gasteiger partial charge is 0.379 e. The second kappa shape index (κ2) is 8.41. The van der Waals surface area contributed by atoms with E-state index in [-0.39, 0.29) is 17.5 Å². The maximum absolute atomic E-state index is 13.5. The average Bonchev–Trinajstić information content (AvgIpc) is 2.68. The van der Waals surface area contributed by atoms with Gasteiger partial charge in [-0.3, -0.25) is 0 Å². The molecule has 7 heteroatoms. The zero-order chi connectivity index (χ0) is 21.1. The predicted molar refractivity (Wildman–Crippen MR) is 108 cm³/mol. The van der Waals surface area contributed by atoms with E-state index in [1.165, 1.54) is 48.5 Å². The van der Waals surface area contributed by atoms with Gasteiger partial charge in [-0.25, -0.2) is 21.9 Å². The summed E-state index contributed by atoms with van der Waals surface area (Å²) in [5.74, 6) is -0.989.